The number of carbonyl (C=O) groups is 2. The summed E-state index contributed by atoms with van der Waals surface area (Å²) in [5.74, 6) is -0.153. The minimum absolute atomic E-state index is 0.0222. The summed E-state index contributed by atoms with van der Waals surface area (Å²) in [6, 6.07) is 20.9. The molecule has 0 radical (unpaired) electrons. The van der Waals surface area contributed by atoms with Crippen molar-refractivity contribution in [2.75, 3.05) is 31.6 Å². The summed E-state index contributed by atoms with van der Waals surface area (Å²) >= 11 is 0. The number of ether oxygens (including phenoxy) is 2. The average molecular weight is 540 g/mol. The number of nitrogens with one attached hydrogen (secondary N) is 1. The zero-order chi connectivity index (χ0) is 27.7. The Kier molecular flexibility index (Phi) is 9.72. The first-order valence-electron chi connectivity index (χ1n) is 12.1. The lowest BCUT2D eigenvalue weighted by atomic mass is 10.1. The molecule has 1 N–H and O–H groups in total. The molecule has 0 saturated heterocycles. The van der Waals surface area contributed by atoms with Crippen LogP contribution in [0, 0.1) is 0 Å². The van der Waals surface area contributed by atoms with Gasteiger partial charge in [0.2, 0.25) is 11.8 Å². The van der Waals surface area contributed by atoms with Crippen molar-refractivity contribution in [2.24, 2.45) is 0 Å². The number of amides is 2. The number of anilines is 1. The van der Waals surface area contributed by atoms with Crippen molar-refractivity contribution >= 4 is 27.5 Å². The van der Waals surface area contributed by atoms with Gasteiger partial charge in [0.15, 0.2) is 11.5 Å². The molecule has 0 aliphatic heterocycles. The van der Waals surface area contributed by atoms with Crippen LogP contribution in [0.2, 0.25) is 0 Å². The molecule has 0 spiro atoms. The minimum atomic E-state index is -4.17. The van der Waals surface area contributed by atoms with Crippen LogP contribution >= 0.6 is 0 Å². The van der Waals surface area contributed by atoms with Gasteiger partial charge in [0, 0.05) is 19.2 Å². The molecule has 38 heavy (non-hydrogen) atoms. The Bertz CT molecular complexity index is 1330. The molecular weight excluding hydrogens is 506 g/mol. The zero-order valence-electron chi connectivity index (χ0n) is 22.0. The molecule has 1 unspecified atom stereocenters. The molecular formula is C28H33N3O6S. The zero-order valence-corrected chi connectivity index (χ0v) is 22.8. The van der Waals surface area contributed by atoms with Gasteiger partial charge in [0.05, 0.1) is 24.8 Å². The lowest BCUT2D eigenvalue weighted by Gasteiger charge is -2.32. The standard InChI is InChI=1S/C28H33N3O6S/c1-5-29-28(33)21(2)30(19-22-12-8-6-9-13-22)27(32)20-31(38(34,35)24-14-10-7-11-15-24)23-16-17-25(36-3)26(18-23)37-4/h6-18,21H,5,19-20H2,1-4H3,(H,29,33). The Morgan fingerprint density at radius 3 is 2.08 bits per heavy atom. The number of benzene rings is 3. The van der Waals surface area contributed by atoms with Gasteiger partial charge in [-0.05, 0) is 43.7 Å². The molecule has 0 saturated carbocycles. The number of methoxy groups -OCH3 is 2. The first-order valence-corrected chi connectivity index (χ1v) is 13.6. The highest BCUT2D eigenvalue weighted by Crippen LogP contribution is 2.34. The first kappa shape index (κ1) is 28.5. The summed E-state index contributed by atoms with van der Waals surface area (Å²) in [5.41, 5.74) is 1.02. The quantitative estimate of drug-likeness (QED) is 0.378. The largest absolute Gasteiger partial charge is 0.493 e. The average Bonchev–Trinajstić information content (AvgIpc) is 2.94. The van der Waals surface area contributed by atoms with Crippen molar-refractivity contribution in [1.82, 2.24) is 10.2 Å². The number of sulfonamides is 1. The van der Waals surface area contributed by atoms with Crippen LogP contribution in [0.15, 0.2) is 83.8 Å². The fraction of sp³-hybridized carbons (Fsp3) is 0.286. The molecule has 10 heteroatoms. The van der Waals surface area contributed by atoms with Crippen molar-refractivity contribution in [3.05, 3.63) is 84.4 Å². The van der Waals surface area contributed by atoms with Crippen molar-refractivity contribution in [3.63, 3.8) is 0 Å². The van der Waals surface area contributed by atoms with Crippen molar-refractivity contribution < 1.29 is 27.5 Å². The van der Waals surface area contributed by atoms with E-state index in [0.717, 1.165) is 9.87 Å². The van der Waals surface area contributed by atoms with E-state index in [1.807, 2.05) is 30.3 Å². The van der Waals surface area contributed by atoms with Gasteiger partial charge in [-0.1, -0.05) is 48.5 Å². The molecule has 0 aromatic heterocycles. The van der Waals surface area contributed by atoms with Crippen LogP contribution < -0.4 is 19.1 Å². The summed E-state index contributed by atoms with van der Waals surface area (Å²) in [7, 11) is -1.25. The highest BCUT2D eigenvalue weighted by Gasteiger charge is 2.32. The summed E-state index contributed by atoms with van der Waals surface area (Å²) in [5, 5.41) is 2.74. The molecule has 1 atom stereocenters. The molecule has 2 amide bonds. The summed E-state index contributed by atoms with van der Waals surface area (Å²) < 4.78 is 39.3. The summed E-state index contributed by atoms with van der Waals surface area (Å²) in [6.45, 7) is 3.40. The minimum Gasteiger partial charge on any atom is -0.493 e. The maximum atomic E-state index is 13.8. The second kappa shape index (κ2) is 13.0. The van der Waals surface area contributed by atoms with Crippen LogP contribution in [0.5, 0.6) is 11.5 Å². The Labute approximate surface area is 224 Å². The molecule has 0 fully saturated rings. The van der Waals surface area contributed by atoms with Crippen molar-refractivity contribution in [2.45, 2.75) is 31.3 Å². The predicted octanol–water partition coefficient (Wildman–Crippen LogP) is 3.45. The van der Waals surface area contributed by atoms with Gasteiger partial charge in [-0.3, -0.25) is 13.9 Å². The molecule has 9 nitrogen and oxygen atoms in total. The molecule has 3 aromatic carbocycles. The Morgan fingerprint density at radius 2 is 1.50 bits per heavy atom. The number of carbonyl (C=O) groups excluding carboxylic acids is 2. The van der Waals surface area contributed by atoms with Crippen LogP contribution in [0.25, 0.3) is 0 Å². The van der Waals surface area contributed by atoms with Gasteiger partial charge < -0.3 is 19.7 Å². The second-order valence-electron chi connectivity index (χ2n) is 8.44. The van der Waals surface area contributed by atoms with E-state index >= 15 is 0 Å². The third-order valence-corrected chi connectivity index (χ3v) is 7.77. The third kappa shape index (κ3) is 6.63. The fourth-order valence-electron chi connectivity index (χ4n) is 3.91. The van der Waals surface area contributed by atoms with Crippen LogP contribution in [-0.4, -0.2) is 58.5 Å². The molecule has 0 aliphatic rings. The first-order chi connectivity index (χ1) is 18.2. The van der Waals surface area contributed by atoms with Gasteiger partial charge in [0.25, 0.3) is 10.0 Å². The molecule has 0 heterocycles. The third-order valence-electron chi connectivity index (χ3n) is 5.98. The number of hydrogen-bond donors (Lipinski definition) is 1. The van der Waals surface area contributed by atoms with Crippen LogP contribution in [0.4, 0.5) is 5.69 Å². The van der Waals surface area contributed by atoms with Crippen LogP contribution in [0.3, 0.4) is 0 Å². The monoisotopic (exact) mass is 539 g/mol. The smallest absolute Gasteiger partial charge is 0.264 e. The van der Waals surface area contributed by atoms with Crippen LogP contribution in [0.1, 0.15) is 19.4 Å². The van der Waals surface area contributed by atoms with Gasteiger partial charge in [-0.25, -0.2) is 8.42 Å². The predicted molar refractivity (Wildman–Crippen MR) is 146 cm³/mol. The van der Waals surface area contributed by atoms with E-state index in [9.17, 15) is 18.0 Å². The van der Waals surface area contributed by atoms with Gasteiger partial charge in [-0.15, -0.1) is 0 Å². The molecule has 0 aliphatic carbocycles. The highest BCUT2D eigenvalue weighted by atomic mass is 32.2. The van der Waals surface area contributed by atoms with E-state index in [0.29, 0.717) is 18.0 Å². The molecule has 3 rings (SSSR count). The molecule has 3 aromatic rings. The summed E-state index contributed by atoms with van der Waals surface area (Å²) in [4.78, 5) is 28.0. The Balaban J connectivity index is 2.06. The van der Waals surface area contributed by atoms with Crippen molar-refractivity contribution in [3.8, 4) is 11.5 Å². The lowest BCUT2D eigenvalue weighted by Crippen LogP contribution is -2.51. The number of hydrogen-bond acceptors (Lipinski definition) is 6. The number of likely N-dealkylation sites (N-methyl/N-ethyl adjacent to an activating group) is 1. The number of rotatable bonds is 12. The maximum absolute atomic E-state index is 13.8. The van der Waals surface area contributed by atoms with Gasteiger partial charge >= 0.3 is 0 Å². The number of nitrogens with zero attached hydrogens (tertiary/aromatic N) is 2. The van der Waals surface area contributed by atoms with E-state index < -0.39 is 28.5 Å². The highest BCUT2D eigenvalue weighted by molar-refractivity contribution is 7.92. The van der Waals surface area contributed by atoms with E-state index in [4.69, 9.17) is 9.47 Å². The SMILES string of the molecule is CCNC(=O)C(C)N(Cc1ccccc1)C(=O)CN(c1ccc(OC)c(OC)c1)S(=O)(=O)c1ccccc1. The van der Waals surface area contributed by atoms with Crippen molar-refractivity contribution in [1.29, 1.82) is 0 Å². The van der Waals surface area contributed by atoms with E-state index in [1.165, 1.54) is 37.3 Å². The van der Waals surface area contributed by atoms with E-state index in [2.05, 4.69) is 5.32 Å². The normalized spacial score (nSPS) is 11.8. The lowest BCUT2D eigenvalue weighted by molar-refractivity contribution is -0.139. The van der Waals surface area contributed by atoms with Gasteiger partial charge in [0.1, 0.15) is 12.6 Å². The molecule has 0 bridgehead atoms. The Hall–Kier alpha value is -4.05. The van der Waals surface area contributed by atoms with E-state index in [1.54, 1.807) is 44.2 Å². The topological polar surface area (TPSA) is 105 Å². The maximum Gasteiger partial charge on any atom is 0.264 e. The Morgan fingerprint density at radius 1 is 0.895 bits per heavy atom. The fourth-order valence-corrected chi connectivity index (χ4v) is 5.34. The van der Waals surface area contributed by atoms with Crippen LogP contribution in [-0.2, 0) is 26.2 Å². The second-order valence-corrected chi connectivity index (χ2v) is 10.3. The molecule has 202 valence electrons. The van der Waals surface area contributed by atoms with Gasteiger partial charge in [-0.2, -0.15) is 0 Å². The van der Waals surface area contributed by atoms with E-state index in [-0.39, 0.29) is 23.0 Å². The summed E-state index contributed by atoms with van der Waals surface area (Å²) in [6.07, 6.45) is 0.